The second-order valence-corrected chi connectivity index (χ2v) is 6.05. The molecule has 1 saturated heterocycles. The van der Waals surface area contributed by atoms with Crippen LogP contribution in [0.3, 0.4) is 0 Å². The van der Waals surface area contributed by atoms with E-state index in [4.69, 9.17) is 0 Å². The lowest BCUT2D eigenvalue weighted by molar-refractivity contribution is 0.0756. The van der Waals surface area contributed by atoms with Crippen LogP contribution >= 0.6 is 0 Å². The Morgan fingerprint density at radius 1 is 1.11 bits per heavy atom. The Balaban J connectivity index is 2.15. The molecular formula is C15H21NO3. The fourth-order valence-corrected chi connectivity index (χ4v) is 2.53. The van der Waals surface area contributed by atoms with Crippen molar-refractivity contribution >= 4 is 5.91 Å². The Morgan fingerprint density at radius 3 is 2.37 bits per heavy atom. The minimum absolute atomic E-state index is 0.0847. The fraction of sp³-hybridized carbons (Fsp3) is 0.533. The maximum atomic E-state index is 12.4. The van der Waals surface area contributed by atoms with Crippen molar-refractivity contribution in [1.82, 2.24) is 4.90 Å². The Morgan fingerprint density at radius 2 is 1.74 bits per heavy atom. The zero-order valence-corrected chi connectivity index (χ0v) is 11.5. The second-order valence-electron chi connectivity index (χ2n) is 6.05. The summed E-state index contributed by atoms with van der Waals surface area (Å²) in [5.74, 6) is -0.291. The number of nitrogens with zero attached hydrogens (tertiary/aromatic N) is 1. The maximum absolute atomic E-state index is 12.4. The van der Waals surface area contributed by atoms with Crippen LogP contribution in [0, 0.1) is 5.41 Å². The number of benzene rings is 1. The van der Waals surface area contributed by atoms with Crippen molar-refractivity contribution in [3.63, 3.8) is 0 Å². The van der Waals surface area contributed by atoms with E-state index in [0.29, 0.717) is 5.56 Å². The van der Waals surface area contributed by atoms with Crippen molar-refractivity contribution < 1.29 is 15.0 Å². The molecule has 104 valence electrons. The molecule has 0 aromatic heterocycles. The highest BCUT2D eigenvalue weighted by Gasteiger charge is 2.26. The van der Waals surface area contributed by atoms with E-state index >= 15 is 0 Å². The highest BCUT2D eigenvalue weighted by molar-refractivity contribution is 5.95. The number of carbonyl (C=O) groups is 1. The molecule has 2 N–H and O–H groups in total. The summed E-state index contributed by atoms with van der Waals surface area (Å²) >= 11 is 0. The molecule has 4 nitrogen and oxygen atoms in total. The van der Waals surface area contributed by atoms with Gasteiger partial charge in [-0.25, -0.2) is 0 Å². The van der Waals surface area contributed by atoms with Crippen LogP contribution in [0.15, 0.2) is 18.2 Å². The van der Waals surface area contributed by atoms with Gasteiger partial charge in [0.15, 0.2) is 0 Å². The molecule has 1 amide bonds. The van der Waals surface area contributed by atoms with Crippen LogP contribution in [-0.4, -0.2) is 34.1 Å². The molecule has 2 rings (SSSR count). The molecule has 1 aliphatic rings. The second kappa shape index (κ2) is 5.11. The Bertz CT molecular complexity index is 462. The van der Waals surface area contributed by atoms with Gasteiger partial charge in [-0.3, -0.25) is 4.79 Å². The quantitative estimate of drug-likeness (QED) is 0.819. The van der Waals surface area contributed by atoms with Gasteiger partial charge in [-0.1, -0.05) is 13.8 Å². The molecule has 0 bridgehead atoms. The van der Waals surface area contributed by atoms with Crippen molar-refractivity contribution in [2.45, 2.75) is 33.1 Å². The molecule has 0 atom stereocenters. The molecule has 1 aromatic carbocycles. The predicted octanol–water partition coefficient (Wildman–Crippen LogP) is 2.75. The third-order valence-electron chi connectivity index (χ3n) is 3.78. The van der Waals surface area contributed by atoms with Crippen LogP contribution in [0.1, 0.15) is 43.5 Å². The molecule has 19 heavy (non-hydrogen) atoms. The van der Waals surface area contributed by atoms with Crippen molar-refractivity contribution in [2.24, 2.45) is 5.41 Å². The number of aromatic hydroxyl groups is 2. The monoisotopic (exact) mass is 263 g/mol. The van der Waals surface area contributed by atoms with Crippen molar-refractivity contribution in [1.29, 1.82) is 0 Å². The summed E-state index contributed by atoms with van der Waals surface area (Å²) in [6, 6.07) is 4.03. The summed E-state index contributed by atoms with van der Waals surface area (Å²) in [5, 5.41) is 18.9. The summed E-state index contributed by atoms with van der Waals surface area (Å²) in [5.41, 5.74) is 0.618. The van der Waals surface area contributed by atoms with E-state index in [0.717, 1.165) is 32.4 Å². The van der Waals surface area contributed by atoms with E-state index < -0.39 is 0 Å². The molecule has 0 saturated carbocycles. The smallest absolute Gasteiger partial charge is 0.254 e. The molecule has 1 fully saturated rings. The molecule has 4 heteroatoms. The summed E-state index contributed by atoms with van der Waals surface area (Å²) in [4.78, 5) is 14.2. The van der Waals surface area contributed by atoms with E-state index in [9.17, 15) is 15.0 Å². The number of likely N-dealkylation sites (tertiary alicyclic amines) is 1. The molecular weight excluding hydrogens is 242 g/mol. The predicted molar refractivity (Wildman–Crippen MR) is 73.3 cm³/mol. The molecule has 0 spiro atoms. The maximum Gasteiger partial charge on any atom is 0.254 e. The normalized spacial score (nSPS) is 18.9. The Kier molecular flexibility index (Phi) is 3.69. The SMILES string of the molecule is CC1(C)CCCN(C(=O)c2cc(O)cc(O)c2)CC1. The minimum Gasteiger partial charge on any atom is -0.508 e. The van der Waals surface area contributed by atoms with Crippen LogP contribution in [0.4, 0.5) is 0 Å². The van der Waals surface area contributed by atoms with E-state index in [1.807, 2.05) is 4.90 Å². The first-order valence-electron chi connectivity index (χ1n) is 6.70. The molecule has 1 aromatic rings. The van der Waals surface area contributed by atoms with E-state index in [-0.39, 0.29) is 22.8 Å². The third kappa shape index (κ3) is 3.40. The first-order chi connectivity index (χ1) is 8.87. The van der Waals surface area contributed by atoms with Gasteiger partial charge in [-0.05, 0) is 36.8 Å². The van der Waals surface area contributed by atoms with Gasteiger partial charge >= 0.3 is 0 Å². The van der Waals surface area contributed by atoms with Crippen LogP contribution in [0.2, 0.25) is 0 Å². The fourth-order valence-electron chi connectivity index (χ4n) is 2.53. The van der Waals surface area contributed by atoms with Gasteiger partial charge in [-0.15, -0.1) is 0 Å². The van der Waals surface area contributed by atoms with Crippen LogP contribution < -0.4 is 0 Å². The largest absolute Gasteiger partial charge is 0.508 e. The summed E-state index contributed by atoms with van der Waals surface area (Å²) in [6.07, 6.45) is 3.08. The highest BCUT2D eigenvalue weighted by Crippen LogP contribution is 2.30. The van der Waals surface area contributed by atoms with Crippen LogP contribution in [-0.2, 0) is 0 Å². The first kappa shape index (κ1) is 13.7. The molecule has 1 aliphatic heterocycles. The van der Waals surface area contributed by atoms with Gasteiger partial charge in [0, 0.05) is 24.7 Å². The average molecular weight is 263 g/mol. The lowest BCUT2D eigenvalue weighted by Crippen LogP contribution is -2.32. The van der Waals surface area contributed by atoms with E-state index in [1.54, 1.807) is 0 Å². The van der Waals surface area contributed by atoms with Crippen molar-refractivity contribution in [2.75, 3.05) is 13.1 Å². The van der Waals surface area contributed by atoms with Crippen LogP contribution in [0.25, 0.3) is 0 Å². The molecule has 0 radical (unpaired) electrons. The first-order valence-corrected chi connectivity index (χ1v) is 6.70. The zero-order chi connectivity index (χ0) is 14.0. The average Bonchev–Trinajstić information content (AvgIpc) is 2.48. The topological polar surface area (TPSA) is 60.8 Å². The van der Waals surface area contributed by atoms with E-state index in [2.05, 4.69) is 13.8 Å². The van der Waals surface area contributed by atoms with Crippen molar-refractivity contribution in [3.8, 4) is 11.5 Å². The van der Waals surface area contributed by atoms with Gasteiger partial charge in [0.1, 0.15) is 11.5 Å². The Labute approximate surface area is 113 Å². The van der Waals surface area contributed by atoms with Gasteiger partial charge in [0.2, 0.25) is 0 Å². The summed E-state index contributed by atoms with van der Waals surface area (Å²) < 4.78 is 0. The lowest BCUT2D eigenvalue weighted by Gasteiger charge is -2.23. The van der Waals surface area contributed by atoms with Gasteiger partial charge < -0.3 is 15.1 Å². The molecule has 1 heterocycles. The third-order valence-corrected chi connectivity index (χ3v) is 3.78. The van der Waals surface area contributed by atoms with Crippen LogP contribution in [0.5, 0.6) is 11.5 Å². The summed E-state index contributed by atoms with van der Waals surface area (Å²) in [7, 11) is 0. The lowest BCUT2D eigenvalue weighted by atomic mass is 9.85. The Hall–Kier alpha value is -1.71. The molecule has 0 unspecified atom stereocenters. The standard InChI is InChI=1S/C15H21NO3/c1-15(2)4-3-6-16(7-5-15)14(19)11-8-12(17)10-13(18)9-11/h8-10,17-18H,3-7H2,1-2H3. The van der Waals surface area contributed by atoms with Gasteiger partial charge in [0.25, 0.3) is 5.91 Å². The van der Waals surface area contributed by atoms with Gasteiger partial charge in [0.05, 0.1) is 0 Å². The number of hydrogen-bond donors (Lipinski definition) is 2. The summed E-state index contributed by atoms with van der Waals surface area (Å²) in [6.45, 7) is 5.91. The highest BCUT2D eigenvalue weighted by atomic mass is 16.3. The number of rotatable bonds is 1. The number of carbonyl (C=O) groups excluding carboxylic acids is 1. The number of phenolic OH excluding ortho intramolecular Hbond substituents is 2. The number of amides is 1. The number of phenols is 2. The van der Waals surface area contributed by atoms with Gasteiger partial charge in [-0.2, -0.15) is 0 Å². The van der Waals surface area contributed by atoms with E-state index in [1.165, 1.54) is 18.2 Å². The van der Waals surface area contributed by atoms with Crippen molar-refractivity contribution in [3.05, 3.63) is 23.8 Å². The zero-order valence-electron chi connectivity index (χ0n) is 11.5. The number of hydrogen-bond acceptors (Lipinski definition) is 3. The molecule has 0 aliphatic carbocycles. The minimum atomic E-state index is -0.121.